The predicted octanol–water partition coefficient (Wildman–Crippen LogP) is -0.0450. The zero-order chi connectivity index (χ0) is 0. The quantitative estimate of drug-likeness (QED) is 0.321. The minimum absolute atomic E-state index is 0. The molecule has 18 radical (unpaired) electrons. The maximum atomic E-state index is 0. The molecular weight excluding hydrogens is 917 g/mol. The molecule has 0 aliphatic heterocycles. The summed E-state index contributed by atoms with van der Waals surface area (Å²) in [4.78, 5) is 0. The fourth-order valence-corrected chi connectivity index (χ4v) is 0. The third kappa shape index (κ3) is 156. The van der Waals surface area contributed by atoms with Crippen LogP contribution in [0.25, 0.3) is 0 Å². The molecule has 0 saturated carbocycles. The zero-order valence-electron chi connectivity index (χ0n) is 8.05. The molecule has 0 nitrogen and oxygen atoms in total. The second-order valence-corrected chi connectivity index (χ2v) is 0. The molecule has 18 heavy (non-hydrogen) atoms. The fraction of sp³-hybridized carbons (Fsp3) is 0. The van der Waals surface area contributed by atoms with E-state index in [2.05, 4.69) is 0 Å². The number of hydrogen-bond acceptors (Lipinski definition) is 0. The third-order valence-electron chi connectivity index (χ3n) is 0. The molecule has 0 spiro atoms. The Morgan fingerprint density at radius 2 is 0.0556 bits per heavy atom. The van der Waals surface area contributed by atoms with Gasteiger partial charge in [-0.1, -0.05) is 0 Å². The average molecular weight is 917 g/mol. The van der Waals surface area contributed by atoms with Crippen molar-refractivity contribution < 1.29 is 334 Å². The van der Waals surface area contributed by atoms with Crippen LogP contribution < -0.4 is 0 Å². The molecule has 0 fully saturated rings. The molecule has 0 aromatic heterocycles. The van der Waals surface area contributed by atoms with Crippen LogP contribution >= 0.6 is 0 Å². The van der Waals surface area contributed by atoms with Gasteiger partial charge in [0.2, 0.25) is 0 Å². The minimum atomic E-state index is 0. The van der Waals surface area contributed by atoms with Gasteiger partial charge in [-0.25, -0.2) is 0 Å². The Kier molecular flexibility index (Phi) is 1900. The summed E-state index contributed by atoms with van der Waals surface area (Å²) in [5.41, 5.74) is 0. The maximum Gasteiger partial charge on any atom is 0 e. The summed E-state index contributed by atoms with van der Waals surface area (Å²) in [7, 11) is 0. The third-order valence-corrected chi connectivity index (χ3v) is 0. The molecule has 0 bridgehead atoms. The summed E-state index contributed by atoms with van der Waals surface area (Å²) in [6.45, 7) is 0. The summed E-state index contributed by atoms with van der Waals surface area (Å²) >= 11 is 0. The first-order valence-corrected chi connectivity index (χ1v) is 0. The van der Waals surface area contributed by atoms with Crippen molar-refractivity contribution >= 4 is 0 Å². The van der Waals surface area contributed by atoms with E-state index in [0.717, 1.165) is 0 Å². The largest absolute Gasteiger partial charge is 0 e. The van der Waals surface area contributed by atoms with Gasteiger partial charge in [-0.05, 0) is 0 Å². The average Bonchev–Trinajstić information content (AvgIpc) is 0. The van der Waals surface area contributed by atoms with E-state index >= 15 is 0 Å². The first-order chi connectivity index (χ1) is 0. The second-order valence-electron chi connectivity index (χ2n) is 0. The van der Waals surface area contributed by atoms with Crippen molar-refractivity contribution in [3.05, 3.63) is 0 Å². The van der Waals surface area contributed by atoms with Gasteiger partial charge in [0, 0.05) is 334 Å². The summed E-state index contributed by atoms with van der Waals surface area (Å²) in [5.74, 6) is 0. The van der Waals surface area contributed by atoms with Gasteiger partial charge in [-0.3, -0.25) is 0 Å². The summed E-state index contributed by atoms with van der Waals surface area (Å²) in [6, 6.07) is 0. The molecule has 0 atom stereocenters. The Balaban J connectivity index is 0. The normalized spacial score (nSPS) is 0. The van der Waals surface area contributed by atoms with E-state index in [1.165, 1.54) is 0 Å². The van der Waals surface area contributed by atoms with E-state index in [9.17, 15) is 0 Å². The molecule has 0 aliphatic rings. The Hall–Kier alpha value is 10.5. The van der Waals surface area contributed by atoms with Crippen LogP contribution in [0.5, 0.6) is 0 Å². The van der Waals surface area contributed by atoms with Gasteiger partial charge in [0.05, 0.1) is 0 Å². The molecule has 0 N–H and O–H groups in total. The fourth-order valence-electron chi connectivity index (χ4n) is 0. The zero-order valence-corrected chi connectivity index (χ0v) is 33.2. The monoisotopic (exact) mass is 917 g/mol. The summed E-state index contributed by atoms with van der Waals surface area (Å²) < 4.78 is 0. The first kappa shape index (κ1) is 195. The Morgan fingerprint density at radius 3 is 0.0556 bits per heavy atom. The number of hydrogen-bond donors (Lipinski definition) is 0. The van der Waals surface area contributed by atoms with Gasteiger partial charge >= 0.3 is 0 Å². The molecule has 0 rings (SSSR count). The van der Waals surface area contributed by atoms with E-state index in [1.54, 1.807) is 0 Å². The van der Waals surface area contributed by atoms with Crippen molar-refractivity contribution in [1.82, 2.24) is 0 Å². The smallest absolute Gasteiger partial charge is 0 e. The topological polar surface area (TPSA) is 0 Å². The van der Waals surface area contributed by atoms with Crippen LogP contribution in [0.15, 0.2) is 0 Å². The molecule has 0 saturated heterocycles. The summed E-state index contributed by atoms with van der Waals surface area (Å²) in [5, 5.41) is 0. The van der Waals surface area contributed by atoms with Crippen molar-refractivity contribution in [1.29, 1.82) is 0 Å². The Bertz CT molecular complexity index is 0. The van der Waals surface area contributed by atoms with Crippen molar-refractivity contribution in [3.63, 3.8) is 0 Å². The summed E-state index contributed by atoms with van der Waals surface area (Å²) in [6.07, 6.45) is 0. The molecule has 18 heteroatoms. The van der Waals surface area contributed by atoms with Crippen molar-refractivity contribution in [2.24, 2.45) is 0 Å². The molecular formula is V18. The van der Waals surface area contributed by atoms with Gasteiger partial charge in [0.25, 0.3) is 0 Å². The van der Waals surface area contributed by atoms with Gasteiger partial charge in [0.1, 0.15) is 0 Å². The minimum Gasteiger partial charge on any atom is 0 e. The van der Waals surface area contributed by atoms with E-state index in [-0.39, 0.29) is 334 Å². The first-order valence-electron chi connectivity index (χ1n) is 0. The molecule has 0 aromatic rings. The van der Waals surface area contributed by atoms with Gasteiger partial charge in [0.15, 0.2) is 0 Å². The number of rotatable bonds is 0. The van der Waals surface area contributed by atoms with Crippen LogP contribution in [0.3, 0.4) is 0 Å². The van der Waals surface area contributed by atoms with Crippen LogP contribution in [0.4, 0.5) is 0 Å². The van der Waals surface area contributed by atoms with E-state index in [4.69, 9.17) is 0 Å². The van der Waals surface area contributed by atoms with E-state index < -0.39 is 0 Å². The van der Waals surface area contributed by atoms with Crippen molar-refractivity contribution in [3.8, 4) is 0 Å². The molecule has 0 aliphatic carbocycles. The van der Waals surface area contributed by atoms with E-state index in [0.29, 0.717) is 0 Å². The SMILES string of the molecule is [V].[V].[V].[V].[V].[V].[V].[V].[V].[V].[V].[V].[V].[V].[V].[V].[V].[V]. The van der Waals surface area contributed by atoms with E-state index in [1.807, 2.05) is 0 Å². The second kappa shape index (κ2) is 175. The standard InChI is InChI=1S/18V. The molecule has 0 aromatic carbocycles. The van der Waals surface area contributed by atoms with Crippen LogP contribution in [-0.4, -0.2) is 0 Å². The van der Waals surface area contributed by atoms with Gasteiger partial charge in [-0.15, -0.1) is 0 Å². The van der Waals surface area contributed by atoms with Crippen LogP contribution in [0.1, 0.15) is 0 Å². The van der Waals surface area contributed by atoms with Crippen molar-refractivity contribution in [2.75, 3.05) is 0 Å². The van der Waals surface area contributed by atoms with Crippen LogP contribution in [-0.2, 0) is 334 Å². The van der Waals surface area contributed by atoms with Crippen LogP contribution in [0, 0.1) is 0 Å². The van der Waals surface area contributed by atoms with Gasteiger partial charge in [-0.2, -0.15) is 0 Å². The Labute approximate surface area is 326 Å². The molecule has 90 valence electrons. The molecule has 0 amide bonds. The molecule has 0 unspecified atom stereocenters. The van der Waals surface area contributed by atoms with Crippen LogP contribution in [0.2, 0.25) is 0 Å². The van der Waals surface area contributed by atoms with Crippen molar-refractivity contribution in [2.45, 2.75) is 0 Å². The Morgan fingerprint density at radius 1 is 0.0556 bits per heavy atom. The molecule has 0 heterocycles. The van der Waals surface area contributed by atoms with Gasteiger partial charge < -0.3 is 0 Å². The maximum absolute atomic E-state index is 0. The predicted molar refractivity (Wildman–Crippen MR) is 0 cm³/mol.